The first kappa shape index (κ1) is 13.4. The summed E-state index contributed by atoms with van der Waals surface area (Å²) in [6, 6.07) is 4.18. The van der Waals surface area contributed by atoms with Crippen molar-refractivity contribution >= 4 is 14.0 Å². The highest BCUT2D eigenvalue weighted by Gasteiger charge is 2.41. The van der Waals surface area contributed by atoms with Crippen LogP contribution in [0.15, 0.2) is 12.1 Å². The molecular formula is C12H20O3Si. The normalized spacial score (nSPS) is 11.9. The molecule has 0 amide bonds. The number of hydrogen-bond donors (Lipinski definition) is 0. The summed E-state index contributed by atoms with van der Waals surface area (Å²) in [6.07, 6.45) is 0. The van der Waals surface area contributed by atoms with Gasteiger partial charge in [-0.15, -0.1) is 0 Å². The van der Waals surface area contributed by atoms with E-state index in [1.54, 1.807) is 21.3 Å². The minimum absolute atomic E-state index is 1.01. The van der Waals surface area contributed by atoms with E-state index in [2.05, 4.69) is 32.9 Å². The van der Waals surface area contributed by atoms with Gasteiger partial charge in [0.15, 0.2) is 0 Å². The lowest BCUT2D eigenvalue weighted by atomic mass is 10.1. The molecule has 0 aliphatic carbocycles. The Hall–Kier alpha value is -0.683. The van der Waals surface area contributed by atoms with Gasteiger partial charge < -0.3 is 13.3 Å². The quantitative estimate of drug-likeness (QED) is 0.750. The van der Waals surface area contributed by atoms with Crippen LogP contribution in [0.3, 0.4) is 0 Å². The fourth-order valence-electron chi connectivity index (χ4n) is 1.82. The lowest BCUT2D eigenvalue weighted by Gasteiger charge is -2.25. The van der Waals surface area contributed by atoms with Crippen LogP contribution in [0.1, 0.15) is 16.7 Å². The first-order valence-corrected chi connectivity index (χ1v) is 6.97. The summed E-state index contributed by atoms with van der Waals surface area (Å²) in [7, 11) is 2.21. The van der Waals surface area contributed by atoms with Crippen molar-refractivity contribution < 1.29 is 13.3 Å². The monoisotopic (exact) mass is 240 g/mol. The Bertz CT molecular complexity index is 341. The van der Waals surface area contributed by atoms with Crippen LogP contribution in [0.2, 0.25) is 0 Å². The molecule has 0 aromatic heterocycles. The summed E-state index contributed by atoms with van der Waals surface area (Å²) >= 11 is 0. The molecule has 0 saturated heterocycles. The Balaban J connectivity index is 3.31. The van der Waals surface area contributed by atoms with Gasteiger partial charge in [-0.25, -0.2) is 0 Å². The Morgan fingerprint density at radius 3 is 1.50 bits per heavy atom. The van der Waals surface area contributed by atoms with Gasteiger partial charge in [0.1, 0.15) is 0 Å². The van der Waals surface area contributed by atoms with E-state index in [1.807, 2.05) is 0 Å². The van der Waals surface area contributed by atoms with Crippen molar-refractivity contribution in [2.45, 2.75) is 20.8 Å². The van der Waals surface area contributed by atoms with Crippen molar-refractivity contribution in [3.8, 4) is 0 Å². The van der Waals surface area contributed by atoms with Crippen LogP contribution in [0.4, 0.5) is 0 Å². The van der Waals surface area contributed by atoms with Crippen LogP contribution < -0.4 is 5.19 Å². The van der Waals surface area contributed by atoms with E-state index in [9.17, 15) is 0 Å². The number of benzene rings is 1. The zero-order chi connectivity index (χ0) is 12.3. The van der Waals surface area contributed by atoms with E-state index in [0.29, 0.717) is 0 Å². The second-order valence-electron chi connectivity index (χ2n) is 3.90. The second kappa shape index (κ2) is 5.10. The molecule has 3 nitrogen and oxygen atoms in total. The summed E-state index contributed by atoms with van der Waals surface area (Å²) < 4.78 is 16.4. The summed E-state index contributed by atoms with van der Waals surface area (Å²) in [5.41, 5.74) is 3.77. The molecule has 1 aromatic rings. The Morgan fingerprint density at radius 1 is 0.812 bits per heavy atom. The van der Waals surface area contributed by atoms with Crippen molar-refractivity contribution in [2.24, 2.45) is 0 Å². The van der Waals surface area contributed by atoms with Gasteiger partial charge in [-0.05, 0) is 37.5 Å². The summed E-state index contributed by atoms with van der Waals surface area (Å²) in [5.74, 6) is 0. The Morgan fingerprint density at radius 2 is 1.19 bits per heavy atom. The number of hydrogen-bond acceptors (Lipinski definition) is 3. The van der Waals surface area contributed by atoms with Crippen molar-refractivity contribution in [3.05, 3.63) is 28.8 Å². The average molecular weight is 240 g/mol. The fourth-order valence-corrected chi connectivity index (χ4v) is 3.81. The van der Waals surface area contributed by atoms with Gasteiger partial charge in [-0.2, -0.15) is 0 Å². The highest BCUT2D eigenvalue weighted by molar-refractivity contribution is 6.75. The van der Waals surface area contributed by atoms with E-state index >= 15 is 0 Å². The molecule has 4 heteroatoms. The Kier molecular flexibility index (Phi) is 4.26. The minimum Gasteiger partial charge on any atom is -0.373 e. The zero-order valence-corrected chi connectivity index (χ0v) is 11.9. The van der Waals surface area contributed by atoms with Gasteiger partial charge >= 0.3 is 8.80 Å². The maximum Gasteiger partial charge on any atom is 0.536 e. The van der Waals surface area contributed by atoms with Crippen LogP contribution in [0, 0.1) is 20.8 Å². The van der Waals surface area contributed by atoms with Crippen LogP contribution in [-0.4, -0.2) is 30.1 Å². The van der Waals surface area contributed by atoms with Crippen LogP contribution >= 0.6 is 0 Å². The largest absolute Gasteiger partial charge is 0.536 e. The predicted molar refractivity (Wildman–Crippen MR) is 67.1 cm³/mol. The second-order valence-corrected chi connectivity index (χ2v) is 6.82. The number of aryl methyl sites for hydroxylation is 2. The van der Waals surface area contributed by atoms with Gasteiger partial charge in [0.2, 0.25) is 0 Å². The van der Waals surface area contributed by atoms with Gasteiger partial charge in [-0.1, -0.05) is 12.1 Å². The molecule has 0 heterocycles. The van der Waals surface area contributed by atoms with Crippen molar-refractivity contribution in [1.29, 1.82) is 0 Å². The third kappa shape index (κ3) is 2.20. The van der Waals surface area contributed by atoms with Gasteiger partial charge in [-0.3, -0.25) is 0 Å². The standard InChI is InChI=1S/C12H20O3Si/c1-9-7-12(8-10(2)11(9)3)16(13-4,14-5)15-6/h7-8H,1-6H3. The van der Waals surface area contributed by atoms with E-state index in [-0.39, 0.29) is 0 Å². The minimum atomic E-state index is -2.68. The van der Waals surface area contributed by atoms with E-state index in [1.165, 1.54) is 16.7 Å². The summed E-state index contributed by atoms with van der Waals surface area (Å²) in [4.78, 5) is 0. The molecule has 0 spiro atoms. The molecule has 0 aliphatic heterocycles. The van der Waals surface area contributed by atoms with E-state index < -0.39 is 8.80 Å². The molecule has 0 saturated carbocycles. The topological polar surface area (TPSA) is 27.7 Å². The molecule has 1 rings (SSSR count). The molecule has 0 atom stereocenters. The third-order valence-corrected chi connectivity index (χ3v) is 5.69. The van der Waals surface area contributed by atoms with Crippen molar-refractivity contribution in [1.82, 2.24) is 0 Å². The third-order valence-electron chi connectivity index (χ3n) is 3.09. The molecule has 1 aromatic carbocycles. The predicted octanol–water partition coefficient (Wildman–Crippen LogP) is 1.70. The molecule has 0 unspecified atom stereocenters. The lowest BCUT2D eigenvalue weighted by Crippen LogP contribution is -2.54. The first-order valence-electron chi connectivity index (χ1n) is 5.24. The molecule has 16 heavy (non-hydrogen) atoms. The van der Waals surface area contributed by atoms with E-state index in [4.69, 9.17) is 13.3 Å². The molecule has 0 bridgehead atoms. The highest BCUT2D eigenvalue weighted by atomic mass is 28.4. The SMILES string of the molecule is CO[Si](OC)(OC)c1cc(C)c(C)c(C)c1. The molecule has 0 N–H and O–H groups in total. The molecule has 90 valence electrons. The Labute approximate surface area is 98.7 Å². The van der Waals surface area contributed by atoms with Gasteiger partial charge in [0, 0.05) is 26.5 Å². The highest BCUT2D eigenvalue weighted by Crippen LogP contribution is 2.14. The van der Waals surface area contributed by atoms with Crippen molar-refractivity contribution in [2.75, 3.05) is 21.3 Å². The van der Waals surface area contributed by atoms with Crippen molar-refractivity contribution in [3.63, 3.8) is 0 Å². The summed E-state index contributed by atoms with van der Waals surface area (Å²) in [6.45, 7) is 6.29. The average Bonchev–Trinajstić information content (AvgIpc) is 2.29. The molecule has 0 fully saturated rings. The lowest BCUT2D eigenvalue weighted by molar-refractivity contribution is 0.140. The molecule has 0 radical (unpaired) electrons. The maximum atomic E-state index is 5.47. The summed E-state index contributed by atoms with van der Waals surface area (Å²) in [5, 5.41) is 1.01. The van der Waals surface area contributed by atoms with Gasteiger partial charge in [0.05, 0.1) is 0 Å². The van der Waals surface area contributed by atoms with Crippen LogP contribution in [0.5, 0.6) is 0 Å². The van der Waals surface area contributed by atoms with Crippen LogP contribution in [-0.2, 0) is 13.3 Å². The fraction of sp³-hybridized carbons (Fsp3) is 0.500. The van der Waals surface area contributed by atoms with Gasteiger partial charge in [0.25, 0.3) is 0 Å². The zero-order valence-electron chi connectivity index (χ0n) is 10.9. The number of rotatable bonds is 4. The first-order chi connectivity index (χ1) is 7.50. The molecular weight excluding hydrogens is 220 g/mol. The van der Waals surface area contributed by atoms with Crippen LogP contribution in [0.25, 0.3) is 0 Å². The maximum absolute atomic E-state index is 5.47. The molecule has 0 aliphatic rings. The van der Waals surface area contributed by atoms with E-state index in [0.717, 1.165) is 5.19 Å². The smallest absolute Gasteiger partial charge is 0.373 e.